The van der Waals surface area contributed by atoms with Gasteiger partial charge in [-0.15, -0.1) is 0 Å². The van der Waals surface area contributed by atoms with Gasteiger partial charge in [-0.05, 0) is 24.3 Å². The minimum atomic E-state index is 0.900. The van der Waals surface area contributed by atoms with Crippen LogP contribution in [0.25, 0.3) is 28.1 Å². The van der Waals surface area contributed by atoms with E-state index in [-0.39, 0.29) is 0 Å². The van der Waals surface area contributed by atoms with Crippen LogP contribution in [0.5, 0.6) is 0 Å². The molecule has 0 radical (unpaired) electrons. The first-order valence-electron chi connectivity index (χ1n) is 6.21. The third-order valence-corrected chi connectivity index (χ3v) is 3.23. The fourth-order valence-electron chi connectivity index (χ4n) is 2.30. The zero-order valence-electron chi connectivity index (χ0n) is 10.2. The number of hydrogen-bond acceptors (Lipinski definition) is 2. The molecule has 0 saturated heterocycles. The maximum absolute atomic E-state index is 4.73. The number of rotatable bonds is 1. The number of nitrogens with zero attached hydrogens (tertiary/aromatic N) is 3. The van der Waals surface area contributed by atoms with E-state index in [9.17, 15) is 0 Å². The van der Waals surface area contributed by atoms with Crippen molar-refractivity contribution in [3.63, 3.8) is 0 Å². The molecule has 0 fully saturated rings. The van der Waals surface area contributed by atoms with Gasteiger partial charge in [0.25, 0.3) is 0 Å². The van der Waals surface area contributed by atoms with Gasteiger partial charge in [-0.25, -0.2) is 9.97 Å². The molecule has 4 aromatic rings. The van der Waals surface area contributed by atoms with Crippen molar-refractivity contribution in [2.24, 2.45) is 0 Å². The van der Waals surface area contributed by atoms with E-state index in [4.69, 9.17) is 4.98 Å². The molecule has 0 bridgehead atoms. The summed E-state index contributed by atoms with van der Waals surface area (Å²) in [6, 6.07) is 20.2. The minimum Gasteiger partial charge on any atom is -0.284 e. The molecule has 0 atom stereocenters. The zero-order chi connectivity index (χ0) is 12.7. The molecule has 90 valence electrons. The Morgan fingerprint density at radius 3 is 2.47 bits per heavy atom. The number of hydrogen-bond donors (Lipinski definition) is 0. The van der Waals surface area contributed by atoms with E-state index < -0.39 is 0 Å². The van der Waals surface area contributed by atoms with Crippen molar-refractivity contribution >= 4 is 16.8 Å². The van der Waals surface area contributed by atoms with Crippen molar-refractivity contribution in [1.82, 2.24) is 14.4 Å². The summed E-state index contributed by atoms with van der Waals surface area (Å²) < 4.78 is 2.02. The molecule has 0 spiro atoms. The van der Waals surface area contributed by atoms with Crippen molar-refractivity contribution in [2.45, 2.75) is 0 Å². The first-order valence-corrected chi connectivity index (χ1v) is 6.21. The highest BCUT2D eigenvalue weighted by molar-refractivity contribution is 5.79. The molecule has 19 heavy (non-hydrogen) atoms. The summed E-state index contributed by atoms with van der Waals surface area (Å²) in [5, 5.41) is 0. The number of benzene rings is 1. The molecular formula is C16H11N3. The Morgan fingerprint density at radius 2 is 1.58 bits per heavy atom. The molecule has 0 aliphatic carbocycles. The van der Waals surface area contributed by atoms with Crippen molar-refractivity contribution < 1.29 is 0 Å². The van der Waals surface area contributed by atoms with Crippen LogP contribution in [-0.2, 0) is 0 Å². The molecule has 0 saturated carbocycles. The summed E-state index contributed by atoms with van der Waals surface area (Å²) in [5.41, 5.74) is 4.84. The average molecular weight is 245 g/mol. The lowest BCUT2D eigenvalue weighted by Gasteiger charge is -2.00. The van der Waals surface area contributed by atoms with Crippen molar-refractivity contribution in [3.05, 3.63) is 66.9 Å². The molecule has 4 rings (SSSR count). The van der Waals surface area contributed by atoms with Gasteiger partial charge in [0.1, 0.15) is 11.2 Å². The van der Waals surface area contributed by atoms with E-state index in [1.54, 1.807) is 0 Å². The number of imidazole rings is 1. The third kappa shape index (κ3) is 1.59. The SMILES string of the molecule is c1ccc(-c2ccc3nc4ccccn4c3n2)cc1. The smallest absolute Gasteiger partial charge is 0.165 e. The Kier molecular flexibility index (Phi) is 2.12. The Hall–Kier alpha value is -2.68. The van der Waals surface area contributed by atoms with Gasteiger partial charge < -0.3 is 0 Å². The van der Waals surface area contributed by atoms with Crippen LogP contribution in [0.15, 0.2) is 66.9 Å². The second-order valence-corrected chi connectivity index (χ2v) is 4.45. The van der Waals surface area contributed by atoms with Crippen LogP contribution >= 0.6 is 0 Å². The standard InChI is InChI=1S/C16H11N3/c1-2-6-12(7-3-1)13-9-10-14-16(18-13)19-11-5-4-8-15(19)17-14/h1-11H. The maximum atomic E-state index is 4.73. The third-order valence-electron chi connectivity index (χ3n) is 3.23. The van der Waals surface area contributed by atoms with E-state index in [1.807, 2.05) is 59.1 Å². The summed E-state index contributed by atoms with van der Waals surface area (Å²) in [5.74, 6) is 0. The van der Waals surface area contributed by atoms with E-state index >= 15 is 0 Å². The van der Waals surface area contributed by atoms with Crippen LogP contribution in [0.2, 0.25) is 0 Å². The molecule has 0 aliphatic heterocycles. The fraction of sp³-hybridized carbons (Fsp3) is 0. The molecule has 0 unspecified atom stereocenters. The maximum Gasteiger partial charge on any atom is 0.165 e. The lowest BCUT2D eigenvalue weighted by atomic mass is 10.1. The van der Waals surface area contributed by atoms with E-state index in [0.717, 1.165) is 28.1 Å². The molecule has 3 nitrogen and oxygen atoms in total. The lowest BCUT2D eigenvalue weighted by molar-refractivity contribution is 1.18. The van der Waals surface area contributed by atoms with Gasteiger partial charge in [0.15, 0.2) is 5.65 Å². The monoisotopic (exact) mass is 245 g/mol. The average Bonchev–Trinajstić information content (AvgIpc) is 2.86. The molecule has 0 N–H and O–H groups in total. The van der Waals surface area contributed by atoms with E-state index in [1.165, 1.54) is 0 Å². The summed E-state index contributed by atoms with van der Waals surface area (Å²) in [6.45, 7) is 0. The van der Waals surface area contributed by atoms with Gasteiger partial charge in [-0.3, -0.25) is 4.40 Å². The van der Waals surface area contributed by atoms with Gasteiger partial charge in [0.2, 0.25) is 0 Å². The van der Waals surface area contributed by atoms with Gasteiger partial charge >= 0.3 is 0 Å². The molecule has 3 heteroatoms. The first kappa shape index (κ1) is 10.3. The predicted octanol–water partition coefficient (Wildman–Crippen LogP) is 3.55. The van der Waals surface area contributed by atoms with Gasteiger partial charge in [-0.2, -0.15) is 0 Å². The lowest BCUT2D eigenvalue weighted by Crippen LogP contribution is -1.88. The largest absolute Gasteiger partial charge is 0.284 e. The summed E-state index contributed by atoms with van der Waals surface area (Å²) in [4.78, 5) is 9.28. The highest BCUT2D eigenvalue weighted by atomic mass is 15.1. The van der Waals surface area contributed by atoms with E-state index in [2.05, 4.69) is 17.1 Å². The second-order valence-electron chi connectivity index (χ2n) is 4.45. The summed E-state index contributed by atoms with van der Waals surface area (Å²) >= 11 is 0. The van der Waals surface area contributed by atoms with Crippen molar-refractivity contribution in [1.29, 1.82) is 0 Å². The molecule has 0 amide bonds. The number of fused-ring (bicyclic) bond motifs is 3. The van der Waals surface area contributed by atoms with Gasteiger partial charge in [-0.1, -0.05) is 36.4 Å². The Bertz CT molecular complexity index is 863. The van der Waals surface area contributed by atoms with Crippen LogP contribution in [0.3, 0.4) is 0 Å². The number of aromatic nitrogens is 3. The molecular weight excluding hydrogens is 234 g/mol. The summed E-state index contributed by atoms with van der Waals surface area (Å²) in [6.07, 6.45) is 1.99. The predicted molar refractivity (Wildman–Crippen MR) is 75.9 cm³/mol. The number of pyridine rings is 2. The van der Waals surface area contributed by atoms with Crippen LogP contribution in [0, 0.1) is 0 Å². The van der Waals surface area contributed by atoms with Crippen LogP contribution in [0.1, 0.15) is 0 Å². The van der Waals surface area contributed by atoms with E-state index in [0.29, 0.717) is 0 Å². The highest BCUT2D eigenvalue weighted by Crippen LogP contribution is 2.21. The van der Waals surface area contributed by atoms with Gasteiger partial charge in [0.05, 0.1) is 5.69 Å². The van der Waals surface area contributed by atoms with Crippen LogP contribution in [-0.4, -0.2) is 14.4 Å². The van der Waals surface area contributed by atoms with Crippen LogP contribution in [0.4, 0.5) is 0 Å². The Balaban J connectivity index is 2.03. The van der Waals surface area contributed by atoms with Crippen molar-refractivity contribution in [2.75, 3.05) is 0 Å². The molecule has 0 aliphatic rings. The molecule has 3 aromatic heterocycles. The first-order chi connectivity index (χ1) is 9.42. The quantitative estimate of drug-likeness (QED) is 0.513. The Morgan fingerprint density at radius 1 is 0.737 bits per heavy atom. The Labute approximate surface area is 110 Å². The van der Waals surface area contributed by atoms with Crippen LogP contribution < -0.4 is 0 Å². The fourth-order valence-corrected chi connectivity index (χ4v) is 2.30. The molecule has 3 heterocycles. The normalized spacial score (nSPS) is 11.2. The highest BCUT2D eigenvalue weighted by Gasteiger charge is 2.06. The molecule has 1 aromatic carbocycles. The van der Waals surface area contributed by atoms with Gasteiger partial charge in [0, 0.05) is 11.8 Å². The van der Waals surface area contributed by atoms with Crippen molar-refractivity contribution in [3.8, 4) is 11.3 Å². The minimum absolute atomic E-state index is 0.900. The zero-order valence-corrected chi connectivity index (χ0v) is 10.2. The second kappa shape index (κ2) is 3.92. The summed E-state index contributed by atoms with van der Waals surface area (Å²) in [7, 11) is 0. The topological polar surface area (TPSA) is 30.2 Å².